The number of nitrogens with two attached hydrogens (primary N) is 1. The summed E-state index contributed by atoms with van der Waals surface area (Å²) in [4.78, 5) is 0. The van der Waals surface area contributed by atoms with Crippen LogP contribution in [0.1, 0.15) is 38.8 Å². The molecule has 3 nitrogen and oxygen atoms in total. The molecule has 0 amide bonds. The molecule has 18 heavy (non-hydrogen) atoms. The first-order valence-electron chi connectivity index (χ1n) is 6.09. The zero-order chi connectivity index (χ0) is 13.8. The van der Waals surface area contributed by atoms with E-state index in [0.717, 1.165) is 6.42 Å². The maximum absolute atomic E-state index is 13.6. The average Bonchev–Trinajstić information content (AvgIpc) is 2.28. The summed E-state index contributed by atoms with van der Waals surface area (Å²) in [5.41, 5.74) is 5.93. The summed E-state index contributed by atoms with van der Waals surface area (Å²) in [5.74, 6) is 0.186. The lowest BCUT2D eigenvalue weighted by Gasteiger charge is -2.23. The number of halogens is 1. The van der Waals surface area contributed by atoms with Crippen LogP contribution in [0.4, 0.5) is 4.39 Å². The lowest BCUT2D eigenvalue weighted by molar-refractivity contribution is 0.00534. The van der Waals surface area contributed by atoms with Crippen LogP contribution in [0, 0.1) is 5.82 Å². The van der Waals surface area contributed by atoms with Gasteiger partial charge in [-0.2, -0.15) is 0 Å². The lowest BCUT2D eigenvalue weighted by Crippen LogP contribution is -2.25. The van der Waals surface area contributed by atoms with Crippen molar-refractivity contribution >= 4 is 0 Å². The van der Waals surface area contributed by atoms with Gasteiger partial charge in [-0.05, 0) is 32.9 Å². The second-order valence-corrected chi connectivity index (χ2v) is 5.00. The SMILES string of the molecule is COC(C)(C)CCOc1cccc(F)c1C(C)N. The molecule has 0 fully saturated rings. The molecule has 4 heteroatoms. The first kappa shape index (κ1) is 14.9. The Morgan fingerprint density at radius 3 is 2.61 bits per heavy atom. The van der Waals surface area contributed by atoms with Gasteiger partial charge in [0.25, 0.3) is 0 Å². The Morgan fingerprint density at radius 1 is 1.39 bits per heavy atom. The summed E-state index contributed by atoms with van der Waals surface area (Å²) >= 11 is 0. The maximum atomic E-state index is 13.6. The fourth-order valence-corrected chi connectivity index (χ4v) is 1.59. The first-order valence-corrected chi connectivity index (χ1v) is 6.09. The van der Waals surface area contributed by atoms with Crippen LogP contribution in [0.3, 0.4) is 0 Å². The molecule has 1 rings (SSSR count). The van der Waals surface area contributed by atoms with Gasteiger partial charge in [-0.3, -0.25) is 0 Å². The average molecular weight is 255 g/mol. The van der Waals surface area contributed by atoms with Gasteiger partial charge in [-0.1, -0.05) is 6.07 Å². The Morgan fingerprint density at radius 2 is 2.06 bits per heavy atom. The first-order chi connectivity index (χ1) is 8.37. The zero-order valence-corrected chi connectivity index (χ0v) is 11.5. The molecule has 0 saturated heterocycles. The van der Waals surface area contributed by atoms with E-state index >= 15 is 0 Å². The monoisotopic (exact) mass is 255 g/mol. The third-order valence-electron chi connectivity index (χ3n) is 2.98. The van der Waals surface area contributed by atoms with Crippen LogP contribution in [-0.2, 0) is 4.74 Å². The van der Waals surface area contributed by atoms with Crippen molar-refractivity contribution < 1.29 is 13.9 Å². The fourth-order valence-electron chi connectivity index (χ4n) is 1.59. The van der Waals surface area contributed by atoms with Crippen molar-refractivity contribution in [1.29, 1.82) is 0 Å². The van der Waals surface area contributed by atoms with Crippen molar-refractivity contribution in [3.8, 4) is 5.75 Å². The number of rotatable bonds is 6. The Balaban J connectivity index is 2.71. The Labute approximate surface area is 108 Å². The number of hydrogen-bond acceptors (Lipinski definition) is 3. The second kappa shape index (κ2) is 6.16. The minimum absolute atomic E-state index is 0.248. The van der Waals surface area contributed by atoms with E-state index in [2.05, 4.69) is 0 Å². The second-order valence-electron chi connectivity index (χ2n) is 5.00. The predicted molar refractivity (Wildman–Crippen MR) is 70.2 cm³/mol. The van der Waals surface area contributed by atoms with Crippen LogP contribution in [-0.4, -0.2) is 19.3 Å². The highest BCUT2D eigenvalue weighted by Crippen LogP contribution is 2.27. The standard InChI is InChI=1S/C14H22FNO2/c1-10(16)13-11(15)6-5-7-12(13)18-9-8-14(2,3)17-4/h5-7,10H,8-9,16H2,1-4H3. The summed E-state index contributed by atoms with van der Waals surface area (Å²) in [6, 6.07) is 4.36. The maximum Gasteiger partial charge on any atom is 0.131 e. The molecule has 2 N–H and O–H groups in total. The summed E-state index contributed by atoms with van der Waals surface area (Å²) in [5, 5.41) is 0. The van der Waals surface area contributed by atoms with Gasteiger partial charge in [0.15, 0.2) is 0 Å². The van der Waals surface area contributed by atoms with E-state index in [-0.39, 0.29) is 11.4 Å². The summed E-state index contributed by atoms with van der Waals surface area (Å²) in [6.07, 6.45) is 0.721. The molecular weight excluding hydrogens is 233 g/mol. The third-order valence-corrected chi connectivity index (χ3v) is 2.98. The molecule has 0 aliphatic carbocycles. The number of methoxy groups -OCH3 is 1. The normalized spacial score (nSPS) is 13.4. The smallest absolute Gasteiger partial charge is 0.131 e. The van der Waals surface area contributed by atoms with E-state index in [4.69, 9.17) is 15.2 Å². The van der Waals surface area contributed by atoms with Crippen LogP contribution in [0.2, 0.25) is 0 Å². The molecule has 0 bridgehead atoms. The predicted octanol–water partition coefficient (Wildman–Crippen LogP) is 3.04. The topological polar surface area (TPSA) is 44.5 Å². The van der Waals surface area contributed by atoms with Crippen LogP contribution in [0.5, 0.6) is 5.75 Å². The Kier molecular flexibility index (Phi) is 5.11. The molecule has 1 unspecified atom stereocenters. The fraction of sp³-hybridized carbons (Fsp3) is 0.571. The molecule has 0 aromatic heterocycles. The zero-order valence-electron chi connectivity index (χ0n) is 11.5. The highest BCUT2D eigenvalue weighted by Gasteiger charge is 2.18. The van der Waals surface area contributed by atoms with Gasteiger partial charge in [0.05, 0.1) is 12.2 Å². The highest BCUT2D eigenvalue weighted by atomic mass is 19.1. The van der Waals surface area contributed by atoms with E-state index in [1.54, 1.807) is 26.2 Å². The summed E-state index contributed by atoms with van der Waals surface area (Å²) in [6.45, 7) is 6.16. The number of benzene rings is 1. The van der Waals surface area contributed by atoms with Crippen LogP contribution in [0.15, 0.2) is 18.2 Å². The molecule has 0 heterocycles. The van der Waals surface area contributed by atoms with Crippen LogP contribution in [0.25, 0.3) is 0 Å². The van der Waals surface area contributed by atoms with Gasteiger partial charge in [-0.25, -0.2) is 4.39 Å². The van der Waals surface area contributed by atoms with Crippen molar-refractivity contribution in [1.82, 2.24) is 0 Å². The number of hydrogen-bond donors (Lipinski definition) is 1. The van der Waals surface area contributed by atoms with Gasteiger partial charge in [0.1, 0.15) is 11.6 Å². The van der Waals surface area contributed by atoms with Crippen molar-refractivity contribution in [3.63, 3.8) is 0 Å². The molecule has 1 aromatic carbocycles. The van der Waals surface area contributed by atoms with Gasteiger partial charge < -0.3 is 15.2 Å². The third kappa shape index (κ3) is 3.96. The quantitative estimate of drug-likeness (QED) is 0.849. The van der Waals surface area contributed by atoms with Gasteiger partial charge in [-0.15, -0.1) is 0 Å². The molecule has 0 spiro atoms. The van der Waals surface area contributed by atoms with E-state index in [1.165, 1.54) is 6.07 Å². The molecule has 0 aliphatic heterocycles. The van der Waals surface area contributed by atoms with Gasteiger partial charge in [0.2, 0.25) is 0 Å². The van der Waals surface area contributed by atoms with E-state index < -0.39 is 6.04 Å². The molecule has 1 atom stereocenters. The van der Waals surface area contributed by atoms with Gasteiger partial charge in [0, 0.05) is 25.1 Å². The van der Waals surface area contributed by atoms with Gasteiger partial charge >= 0.3 is 0 Å². The largest absolute Gasteiger partial charge is 0.493 e. The van der Waals surface area contributed by atoms with Crippen LogP contribution >= 0.6 is 0 Å². The molecule has 1 aromatic rings. The summed E-state index contributed by atoms with van der Waals surface area (Å²) in [7, 11) is 1.66. The van der Waals surface area contributed by atoms with Crippen molar-refractivity contribution in [2.75, 3.05) is 13.7 Å². The lowest BCUT2D eigenvalue weighted by atomic mass is 10.1. The highest BCUT2D eigenvalue weighted by molar-refractivity contribution is 5.36. The molecule has 0 saturated carbocycles. The Hall–Kier alpha value is -1.13. The molecule has 0 radical (unpaired) electrons. The van der Waals surface area contributed by atoms with Crippen LogP contribution < -0.4 is 10.5 Å². The minimum atomic E-state index is -0.392. The van der Waals surface area contributed by atoms with Crippen molar-refractivity contribution in [2.24, 2.45) is 5.73 Å². The van der Waals surface area contributed by atoms with Crippen molar-refractivity contribution in [3.05, 3.63) is 29.6 Å². The van der Waals surface area contributed by atoms with E-state index in [1.807, 2.05) is 13.8 Å². The molecule has 102 valence electrons. The minimum Gasteiger partial charge on any atom is -0.493 e. The Bertz CT molecular complexity index is 391. The number of ether oxygens (including phenoxy) is 2. The van der Waals surface area contributed by atoms with E-state index in [0.29, 0.717) is 17.9 Å². The summed E-state index contributed by atoms with van der Waals surface area (Å²) < 4.78 is 24.6. The van der Waals surface area contributed by atoms with E-state index in [9.17, 15) is 4.39 Å². The molecule has 0 aliphatic rings. The molecular formula is C14H22FNO2. The van der Waals surface area contributed by atoms with Crippen molar-refractivity contribution in [2.45, 2.75) is 38.8 Å².